The van der Waals surface area contributed by atoms with Crippen molar-refractivity contribution in [2.45, 2.75) is 38.9 Å². The molecule has 1 saturated heterocycles. The van der Waals surface area contributed by atoms with E-state index >= 15 is 0 Å². The molecule has 1 atom stereocenters. The highest BCUT2D eigenvalue weighted by Crippen LogP contribution is 2.30. The minimum absolute atomic E-state index is 0.0313. The Morgan fingerprint density at radius 1 is 0.935 bits per heavy atom. The molecular weight excluding hydrogens is 388 g/mol. The van der Waals surface area contributed by atoms with Gasteiger partial charge in [-0.15, -0.1) is 5.10 Å². The Bertz CT molecular complexity index is 973. The molecule has 0 N–H and O–H groups in total. The van der Waals surface area contributed by atoms with Crippen LogP contribution in [-0.2, 0) is 12.1 Å². The Morgan fingerprint density at radius 2 is 1.61 bits per heavy atom. The summed E-state index contributed by atoms with van der Waals surface area (Å²) < 4.78 is 7.50. The molecule has 1 aromatic heterocycles. The SMILES string of the molecule is COc1ccccc1CN1CCN([C@@H](c2ccccc2)c2nnnn2C(C)(C)C)CC1. The molecule has 2 aromatic carbocycles. The summed E-state index contributed by atoms with van der Waals surface area (Å²) in [5.41, 5.74) is 2.27. The maximum absolute atomic E-state index is 5.54. The molecule has 4 rings (SSSR count). The summed E-state index contributed by atoms with van der Waals surface area (Å²) >= 11 is 0. The molecule has 2 heterocycles. The lowest BCUT2D eigenvalue weighted by molar-refractivity contribution is 0.0974. The lowest BCUT2D eigenvalue weighted by Gasteiger charge is -2.39. The lowest BCUT2D eigenvalue weighted by atomic mass is 10.0. The molecule has 0 radical (unpaired) electrons. The molecule has 0 spiro atoms. The second kappa shape index (κ2) is 9.16. The number of piperazine rings is 1. The Labute approximate surface area is 184 Å². The van der Waals surface area contributed by atoms with Crippen molar-refractivity contribution in [2.75, 3.05) is 33.3 Å². The van der Waals surface area contributed by atoms with Crippen LogP contribution in [0.1, 0.15) is 43.8 Å². The molecule has 0 bridgehead atoms. The van der Waals surface area contributed by atoms with Crippen molar-refractivity contribution in [3.63, 3.8) is 0 Å². The first-order valence-corrected chi connectivity index (χ1v) is 10.9. The molecule has 0 saturated carbocycles. The molecular formula is C24H32N6O. The number of methoxy groups -OCH3 is 1. The van der Waals surface area contributed by atoms with Crippen LogP contribution in [0.25, 0.3) is 0 Å². The van der Waals surface area contributed by atoms with Gasteiger partial charge in [-0.3, -0.25) is 9.80 Å². The van der Waals surface area contributed by atoms with E-state index in [0.29, 0.717) is 0 Å². The van der Waals surface area contributed by atoms with E-state index in [1.54, 1.807) is 7.11 Å². The summed E-state index contributed by atoms with van der Waals surface area (Å²) in [4.78, 5) is 4.99. The molecule has 0 amide bonds. The fraction of sp³-hybridized carbons (Fsp3) is 0.458. The van der Waals surface area contributed by atoms with Crippen molar-refractivity contribution in [3.8, 4) is 5.75 Å². The number of rotatable bonds is 6. The van der Waals surface area contributed by atoms with E-state index in [2.05, 4.69) is 88.6 Å². The molecule has 164 valence electrons. The number of hydrogen-bond donors (Lipinski definition) is 0. The van der Waals surface area contributed by atoms with Crippen LogP contribution in [0.3, 0.4) is 0 Å². The topological polar surface area (TPSA) is 59.3 Å². The van der Waals surface area contributed by atoms with Gasteiger partial charge in [0.15, 0.2) is 5.82 Å². The maximum Gasteiger partial charge on any atom is 0.173 e. The summed E-state index contributed by atoms with van der Waals surface area (Å²) in [5.74, 6) is 1.85. The summed E-state index contributed by atoms with van der Waals surface area (Å²) in [5, 5.41) is 12.8. The van der Waals surface area contributed by atoms with Crippen molar-refractivity contribution >= 4 is 0 Å². The van der Waals surface area contributed by atoms with Crippen LogP contribution in [0.15, 0.2) is 54.6 Å². The van der Waals surface area contributed by atoms with Gasteiger partial charge in [-0.05, 0) is 42.8 Å². The van der Waals surface area contributed by atoms with Crippen LogP contribution >= 0.6 is 0 Å². The van der Waals surface area contributed by atoms with E-state index < -0.39 is 0 Å². The fourth-order valence-corrected chi connectivity index (χ4v) is 4.25. The summed E-state index contributed by atoms with van der Waals surface area (Å²) in [6.07, 6.45) is 0. The summed E-state index contributed by atoms with van der Waals surface area (Å²) in [7, 11) is 1.74. The van der Waals surface area contributed by atoms with Gasteiger partial charge >= 0.3 is 0 Å². The molecule has 0 unspecified atom stereocenters. The number of para-hydroxylation sites is 1. The van der Waals surface area contributed by atoms with E-state index in [0.717, 1.165) is 44.3 Å². The Kier molecular flexibility index (Phi) is 6.34. The molecule has 1 fully saturated rings. The standard InChI is InChI=1S/C24H32N6O/c1-24(2,3)30-23(25-26-27-30)22(19-10-6-5-7-11-19)29-16-14-28(15-17-29)18-20-12-8-9-13-21(20)31-4/h5-13,22H,14-18H2,1-4H3/t22-/m0/s1. The smallest absolute Gasteiger partial charge is 0.173 e. The average molecular weight is 421 g/mol. The second-order valence-corrected chi connectivity index (χ2v) is 9.06. The van der Waals surface area contributed by atoms with Gasteiger partial charge in [0.1, 0.15) is 5.75 Å². The second-order valence-electron chi connectivity index (χ2n) is 9.06. The first kappa shape index (κ1) is 21.5. The molecule has 3 aromatic rings. The predicted octanol–water partition coefficient (Wildman–Crippen LogP) is 3.34. The lowest BCUT2D eigenvalue weighted by Crippen LogP contribution is -2.48. The van der Waals surface area contributed by atoms with Crippen LogP contribution < -0.4 is 4.74 Å². The van der Waals surface area contributed by atoms with Crippen molar-refractivity contribution in [1.82, 2.24) is 30.0 Å². The quantitative estimate of drug-likeness (QED) is 0.610. The van der Waals surface area contributed by atoms with E-state index in [4.69, 9.17) is 4.74 Å². The third kappa shape index (κ3) is 4.78. The van der Waals surface area contributed by atoms with Gasteiger partial charge in [-0.2, -0.15) is 0 Å². The van der Waals surface area contributed by atoms with E-state index in [-0.39, 0.29) is 11.6 Å². The minimum Gasteiger partial charge on any atom is -0.496 e. The number of benzene rings is 2. The van der Waals surface area contributed by atoms with Gasteiger partial charge < -0.3 is 4.74 Å². The highest BCUT2D eigenvalue weighted by molar-refractivity contribution is 5.33. The van der Waals surface area contributed by atoms with Crippen LogP contribution in [0.2, 0.25) is 0 Å². The van der Waals surface area contributed by atoms with Gasteiger partial charge in [0.05, 0.1) is 18.7 Å². The van der Waals surface area contributed by atoms with Crippen LogP contribution in [0.5, 0.6) is 5.75 Å². The highest BCUT2D eigenvalue weighted by atomic mass is 16.5. The van der Waals surface area contributed by atoms with E-state index in [1.807, 2.05) is 16.8 Å². The Morgan fingerprint density at radius 3 is 2.29 bits per heavy atom. The zero-order valence-corrected chi connectivity index (χ0v) is 18.9. The van der Waals surface area contributed by atoms with E-state index in [9.17, 15) is 0 Å². The van der Waals surface area contributed by atoms with Crippen molar-refractivity contribution < 1.29 is 4.74 Å². The zero-order chi connectivity index (χ0) is 21.8. The first-order valence-electron chi connectivity index (χ1n) is 10.9. The van der Waals surface area contributed by atoms with Gasteiger partial charge in [0, 0.05) is 38.3 Å². The number of aromatic nitrogens is 4. The molecule has 7 heteroatoms. The Balaban J connectivity index is 1.54. The zero-order valence-electron chi connectivity index (χ0n) is 18.9. The highest BCUT2D eigenvalue weighted by Gasteiger charge is 2.33. The Hall–Kier alpha value is -2.77. The van der Waals surface area contributed by atoms with Crippen LogP contribution in [0, 0.1) is 0 Å². The van der Waals surface area contributed by atoms with Gasteiger partial charge in [-0.25, -0.2) is 4.68 Å². The summed E-state index contributed by atoms with van der Waals surface area (Å²) in [6.45, 7) is 11.2. The largest absolute Gasteiger partial charge is 0.496 e. The normalized spacial score (nSPS) is 16.9. The van der Waals surface area contributed by atoms with Crippen LogP contribution in [-0.4, -0.2) is 63.3 Å². The third-order valence-corrected chi connectivity index (χ3v) is 5.85. The molecule has 0 aliphatic carbocycles. The molecule has 7 nitrogen and oxygen atoms in total. The summed E-state index contributed by atoms with van der Waals surface area (Å²) in [6, 6.07) is 18.9. The van der Waals surface area contributed by atoms with Crippen molar-refractivity contribution in [3.05, 3.63) is 71.5 Å². The van der Waals surface area contributed by atoms with Gasteiger partial charge in [0.25, 0.3) is 0 Å². The molecule has 1 aliphatic rings. The number of hydrogen-bond acceptors (Lipinski definition) is 6. The van der Waals surface area contributed by atoms with Crippen molar-refractivity contribution in [1.29, 1.82) is 0 Å². The van der Waals surface area contributed by atoms with Gasteiger partial charge in [-0.1, -0.05) is 48.5 Å². The van der Waals surface area contributed by atoms with Crippen LogP contribution in [0.4, 0.5) is 0 Å². The van der Waals surface area contributed by atoms with E-state index in [1.165, 1.54) is 11.1 Å². The van der Waals surface area contributed by atoms with Crippen molar-refractivity contribution in [2.24, 2.45) is 0 Å². The molecule has 31 heavy (non-hydrogen) atoms. The average Bonchev–Trinajstić information content (AvgIpc) is 3.26. The monoisotopic (exact) mass is 420 g/mol. The third-order valence-electron chi connectivity index (χ3n) is 5.85. The number of ether oxygens (including phenoxy) is 1. The van der Waals surface area contributed by atoms with Gasteiger partial charge in [0.2, 0.25) is 0 Å². The first-order chi connectivity index (χ1) is 15.0. The molecule has 1 aliphatic heterocycles. The fourth-order valence-electron chi connectivity index (χ4n) is 4.25. The number of nitrogens with zero attached hydrogens (tertiary/aromatic N) is 6. The minimum atomic E-state index is -0.183. The maximum atomic E-state index is 5.54. The predicted molar refractivity (Wildman–Crippen MR) is 121 cm³/mol. The number of tetrazole rings is 1.